The molecule has 6 heteroatoms. The van der Waals surface area contributed by atoms with Crippen LogP contribution in [-0.4, -0.2) is 10.9 Å². The molecule has 0 saturated heterocycles. The third kappa shape index (κ3) is 3.84. The van der Waals surface area contributed by atoms with Gasteiger partial charge in [0.15, 0.2) is 0 Å². The van der Waals surface area contributed by atoms with Crippen molar-refractivity contribution in [1.29, 1.82) is 5.26 Å². The number of amides is 1. The minimum absolute atomic E-state index is 0.0526. The maximum Gasteiger partial charge on any atom is 0.267 e. The summed E-state index contributed by atoms with van der Waals surface area (Å²) in [4.78, 5) is 16.1. The number of hydrogen-bond donors (Lipinski definition) is 2. The van der Waals surface area contributed by atoms with Crippen molar-refractivity contribution in [3.63, 3.8) is 0 Å². The fourth-order valence-corrected chi connectivity index (χ4v) is 1.86. The lowest BCUT2D eigenvalue weighted by molar-refractivity contribution is -0.112. The van der Waals surface area contributed by atoms with E-state index < -0.39 is 5.91 Å². The molecule has 0 aliphatic carbocycles. The molecule has 0 aliphatic heterocycles. The van der Waals surface area contributed by atoms with E-state index in [0.717, 1.165) is 5.56 Å². The van der Waals surface area contributed by atoms with E-state index in [1.54, 1.807) is 49.6 Å². The lowest BCUT2D eigenvalue weighted by Gasteiger charge is -2.09. The fraction of sp³-hybridized carbons (Fsp3) is 0.0625. The van der Waals surface area contributed by atoms with Gasteiger partial charge < -0.3 is 10.6 Å². The molecule has 0 bridgehead atoms. The van der Waals surface area contributed by atoms with E-state index in [-0.39, 0.29) is 5.57 Å². The summed E-state index contributed by atoms with van der Waals surface area (Å²) in [5, 5.41) is 15.2. The third-order valence-electron chi connectivity index (χ3n) is 2.93. The van der Waals surface area contributed by atoms with Crippen molar-refractivity contribution in [2.45, 2.75) is 6.92 Å². The van der Waals surface area contributed by atoms with E-state index in [1.165, 1.54) is 6.20 Å². The lowest BCUT2D eigenvalue weighted by atomic mass is 10.2. The Kier molecular flexibility index (Phi) is 5.12. The number of nitrogens with zero attached hydrogens (tertiary/aromatic N) is 2. The van der Waals surface area contributed by atoms with Crippen LogP contribution in [0, 0.1) is 18.3 Å². The summed E-state index contributed by atoms with van der Waals surface area (Å²) in [6.07, 6.45) is 4.56. The molecule has 0 atom stereocenters. The van der Waals surface area contributed by atoms with Gasteiger partial charge in [-0.1, -0.05) is 17.7 Å². The van der Waals surface area contributed by atoms with Crippen molar-refractivity contribution in [2.24, 2.45) is 0 Å². The Bertz CT molecular complexity index is 750. The van der Waals surface area contributed by atoms with Gasteiger partial charge in [0.25, 0.3) is 5.91 Å². The molecule has 0 fully saturated rings. The van der Waals surface area contributed by atoms with Crippen LogP contribution in [0.4, 0.5) is 11.4 Å². The van der Waals surface area contributed by atoms with Crippen LogP contribution >= 0.6 is 11.6 Å². The van der Waals surface area contributed by atoms with Gasteiger partial charge >= 0.3 is 0 Å². The van der Waals surface area contributed by atoms with Crippen LogP contribution in [0.3, 0.4) is 0 Å². The van der Waals surface area contributed by atoms with Gasteiger partial charge in [0.05, 0.1) is 11.9 Å². The molecule has 110 valence electrons. The molecule has 2 rings (SSSR count). The van der Waals surface area contributed by atoms with Crippen molar-refractivity contribution in [3.8, 4) is 6.07 Å². The van der Waals surface area contributed by atoms with Gasteiger partial charge in [-0.05, 0) is 36.8 Å². The number of benzene rings is 1. The van der Waals surface area contributed by atoms with Crippen molar-refractivity contribution >= 4 is 28.9 Å². The normalized spacial score (nSPS) is 10.7. The number of halogens is 1. The van der Waals surface area contributed by atoms with Crippen LogP contribution in [0.2, 0.25) is 5.02 Å². The van der Waals surface area contributed by atoms with Crippen molar-refractivity contribution < 1.29 is 4.79 Å². The van der Waals surface area contributed by atoms with Crippen LogP contribution in [0.25, 0.3) is 0 Å². The number of carbonyl (C=O) groups is 1. The second-order valence-electron chi connectivity index (χ2n) is 4.42. The van der Waals surface area contributed by atoms with E-state index in [2.05, 4.69) is 15.6 Å². The number of anilines is 2. The molecular weight excluding hydrogens is 300 g/mol. The maximum atomic E-state index is 12.1. The minimum Gasteiger partial charge on any atom is -0.359 e. The van der Waals surface area contributed by atoms with Crippen LogP contribution < -0.4 is 10.6 Å². The number of hydrogen-bond acceptors (Lipinski definition) is 4. The molecule has 0 unspecified atom stereocenters. The number of nitrogens with one attached hydrogen (secondary N) is 2. The summed E-state index contributed by atoms with van der Waals surface area (Å²) in [5.74, 6) is -0.510. The van der Waals surface area contributed by atoms with Gasteiger partial charge in [-0.3, -0.25) is 9.78 Å². The van der Waals surface area contributed by atoms with Gasteiger partial charge in [-0.2, -0.15) is 5.26 Å². The first-order valence-electron chi connectivity index (χ1n) is 6.45. The molecule has 2 aromatic rings. The largest absolute Gasteiger partial charge is 0.359 e. The van der Waals surface area contributed by atoms with E-state index >= 15 is 0 Å². The molecule has 2 N–H and O–H groups in total. The highest BCUT2D eigenvalue weighted by atomic mass is 35.5. The van der Waals surface area contributed by atoms with E-state index in [1.807, 2.05) is 6.07 Å². The highest BCUT2D eigenvalue weighted by molar-refractivity contribution is 6.31. The molecule has 0 aliphatic rings. The Labute approximate surface area is 133 Å². The predicted molar refractivity (Wildman–Crippen MR) is 86.4 cm³/mol. The Balaban J connectivity index is 2.12. The molecule has 0 saturated carbocycles. The number of aromatic nitrogens is 1. The van der Waals surface area contributed by atoms with E-state index in [4.69, 9.17) is 16.9 Å². The number of pyridine rings is 1. The Morgan fingerprint density at radius 2 is 2.18 bits per heavy atom. The summed E-state index contributed by atoms with van der Waals surface area (Å²) < 4.78 is 0. The molecule has 1 aromatic carbocycles. The third-order valence-corrected chi connectivity index (χ3v) is 3.34. The highest BCUT2D eigenvalue weighted by Gasteiger charge is 2.11. The zero-order chi connectivity index (χ0) is 15.9. The summed E-state index contributed by atoms with van der Waals surface area (Å²) in [7, 11) is 0. The first kappa shape index (κ1) is 15.5. The van der Waals surface area contributed by atoms with Crippen LogP contribution in [0.1, 0.15) is 5.56 Å². The van der Waals surface area contributed by atoms with Gasteiger partial charge in [-0.25, -0.2) is 0 Å². The predicted octanol–water partition coefficient (Wildman–Crippen LogP) is 3.50. The van der Waals surface area contributed by atoms with Crippen LogP contribution in [0.5, 0.6) is 0 Å². The molecule has 1 amide bonds. The Morgan fingerprint density at radius 1 is 1.36 bits per heavy atom. The molecule has 22 heavy (non-hydrogen) atoms. The molecule has 1 aromatic heterocycles. The zero-order valence-electron chi connectivity index (χ0n) is 11.8. The van der Waals surface area contributed by atoms with Gasteiger partial charge in [0.2, 0.25) is 0 Å². The molecular formula is C16H13ClN4O. The van der Waals surface area contributed by atoms with E-state index in [9.17, 15) is 4.79 Å². The maximum absolute atomic E-state index is 12.1. The average molecular weight is 313 g/mol. The molecule has 0 radical (unpaired) electrons. The number of carbonyl (C=O) groups excluding carboxylic acids is 1. The second-order valence-corrected chi connectivity index (χ2v) is 4.83. The first-order valence-corrected chi connectivity index (χ1v) is 6.83. The van der Waals surface area contributed by atoms with Crippen LogP contribution in [0.15, 0.2) is 54.5 Å². The Morgan fingerprint density at radius 3 is 2.86 bits per heavy atom. The Hall–Kier alpha value is -2.84. The monoisotopic (exact) mass is 312 g/mol. The molecule has 1 heterocycles. The minimum atomic E-state index is -0.510. The van der Waals surface area contributed by atoms with Crippen molar-refractivity contribution in [3.05, 3.63) is 65.1 Å². The summed E-state index contributed by atoms with van der Waals surface area (Å²) in [5.41, 5.74) is 1.94. The average Bonchev–Trinajstić information content (AvgIpc) is 2.53. The number of rotatable bonds is 4. The topological polar surface area (TPSA) is 77.8 Å². The molecule has 0 spiro atoms. The quantitative estimate of drug-likeness (QED) is 0.669. The zero-order valence-corrected chi connectivity index (χ0v) is 12.6. The lowest BCUT2D eigenvalue weighted by Crippen LogP contribution is -2.15. The van der Waals surface area contributed by atoms with Gasteiger partial charge in [-0.15, -0.1) is 0 Å². The second kappa shape index (κ2) is 7.25. The SMILES string of the molecule is Cc1c(Cl)cccc1NC(=O)/C(C#N)=C\Nc1cccnc1. The van der Waals surface area contributed by atoms with Gasteiger partial charge in [0.1, 0.15) is 11.6 Å². The smallest absolute Gasteiger partial charge is 0.267 e. The van der Waals surface area contributed by atoms with Crippen molar-refractivity contribution in [2.75, 3.05) is 10.6 Å². The summed E-state index contributed by atoms with van der Waals surface area (Å²) >= 11 is 6.00. The van der Waals surface area contributed by atoms with Gasteiger partial charge in [0, 0.05) is 23.1 Å². The standard InChI is InChI=1S/C16H13ClN4O/c1-11-14(17)5-2-6-15(11)21-16(22)12(8-18)9-20-13-4-3-7-19-10-13/h2-7,9-10,20H,1H3,(H,21,22)/b12-9-. The number of nitriles is 1. The van der Waals surface area contributed by atoms with Crippen molar-refractivity contribution in [1.82, 2.24) is 4.98 Å². The van der Waals surface area contributed by atoms with Crippen LogP contribution in [-0.2, 0) is 4.79 Å². The summed E-state index contributed by atoms with van der Waals surface area (Å²) in [6.45, 7) is 1.79. The summed E-state index contributed by atoms with van der Waals surface area (Å²) in [6, 6.07) is 10.6. The highest BCUT2D eigenvalue weighted by Crippen LogP contribution is 2.23. The van der Waals surface area contributed by atoms with E-state index in [0.29, 0.717) is 16.4 Å². The first-order chi connectivity index (χ1) is 10.6. The fourth-order valence-electron chi connectivity index (χ4n) is 1.68. The molecule has 5 nitrogen and oxygen atoms in total.